The van der Waals surface area contributed by atoms with E-state index < -0.39 is 29.1 Å². The maximum Gasteiger partial charge on any atom is 0.256 e. The van der Waals surface area contributed by atoms with E-state index in [1.807, 2.05) is 0 Å². The second-order valence-corrected chi connectivity index (χ2v) is 4.45. The van der Waals surface area contributed by atoms with Crippen LogP contribution in [0.4, 0.5) is 13.2 Å². The van der Waals surface area contributed by atoms with Crippen LogP contribution in [0.1, 0.15) is 0 Å². The average molecular weight is 328 g/mol. The number of nitrogens with one attached hydrogen (secondary N) is 1. The van der Waals surface area contributed by atoms with Crippen LogP contribution in [-0.2, 0) is 0 Å². The maximum absolute atomic E-state index is 14.0. The lowest BCUT2D eigenvalue weighted by Crippen LogP contribution is -1.98. The summed E-state index contributed by atoms with van der Waals surface area (Å²) < 4.78 is 46.4. The highest BCUT2D eigenvalue weighted by molar-refractivity contribution is 6.30. The summed E-state index contributed by atoms with van der Waals surface area (Å²) in [5, 5.41) is 12.5. The standard InChI is InChI=1S/C12H5ClF3N5O/c13-5-3-7(14)12(17-4-5)22-8-2-1-6(9(15)10(8)16)11-18-20-21-19-11/h1-4H,(H,18,19,20,21). The second kappa shape index (κ2) is 5.60. The van der Waals surface area contributed by atoms with Gasteiger partial charge in [-0.2, -0.15) is 9.60 Å². The molecule has 2 heterocycles. The number of hydrogen-bond donors (Lipinski definition) is 1. The molecule has 0 amide bonds. The van der Waals surface area contributed by atoms with E-state index in [1.165, 1.54) is 6.07 Å². The summed E-state index contributed by atoms with van der Waals surface area (Å²) in [5.41, 5.74) is -0.219. The minimum absolute atomic E-state index is 0.0453. The molecular formula is C12H5ClF3N5O. The molecule has 0 aliphatic heterocycles. The van der Waals surface area contributed by atoms with Crippen molar-refractivity contribution >= 4 is 11.6 Å². The van der Waals surface area contributed by atoms with E-state index in [9.17, 15) is 13.2 Å². The monoisotopic (exact) mass is 327 g/mol. The summed E-state index contributed by atoms with van der Waals surface area (Å²) in [4.78, 5) is 3.56. The van der Waals surface area contributed by atoms with Gasteiger partial charge < -0.3 is 4.74 Å². The molecule has 0 spiro atoms. The van der Waals surface area contributed by atoms with Gasteiger partial charge in [0.1, 0.15) is 0 Å². The Morgan fingerprint density at radius 2 is 1.95 bits per heavy atom. The Morgan fingerprint density at radius 3 is 2.64 bits per heavy atom. The first-order valence-electron chi connectivity index (χ1n) is 5.77. The summed E-state index contributed by atoms with van der Waals surface area (Å²) in [6, 6.07) is 3.21. The van der Waals surface area contributed by atoms with Crippen molar-refractivity contribution in [1.29, 1.82) is 0 Å². The van der Waals surface area contributed by atoms with Crippen molar-refractivity contribution in [3.63, 3.8) is 0 Å². The van der Waals surface area contributed by atoms with Gasteiger partial charge in [0.15, 0.2) is 17.4 Å². The van der Waals surface area contributed by atoms with Gasteiger partial charge in [0.2, 0.25) is 11.6 Å². The topological polar surface area (TPSA) is 76.6 Å². The minimum atomic E-state index is -1.33. The fourth-order valence-electron chi connectivity index (χ4n) is 1.64. The molecule has 1 aromatic carbocycles. The maximum atomic E-state index is 14.0. The molecule has 0 saturated heterocycles. The van der Waals surface area contributed by atoms with E-state index in [2.05, 4.69) is 25.6 Å². The molecule has 0 bridgehead atoms. The number of nitrogens with zero attached hydrogens (tertiary/aromatic N) is 4. The van der Waals surface area contributed by atoms with E-state index in [-0.39, 0.29) is 16.4 Å². The van der Waals surface area contributed by atoms with E-state index >= 15 is 0 Å². The zero-order chi connectivity index (χ0) is 15.7. The molecule has 0 atom stereocenters. The number of aromatic nitrogens is 5. The first-order valence-corrected chi connectivity index (χ1v) is 6.15. The molecule has 0 radical (unpaired) electrons. The number of halogens is 4. The summed E-state index contributed by atoms with van der Waals surface area (Å²) in [6.07, 6.45) is 1.11. The van der Waals surface area contributed by atoms with Gasteiger partial charge in [0.05, 0.1) is 10.6 Å². The summed E-state index contributed by atoms with van der Waals surface area (Å²) in [6.45, 7) is 0. The summed E-state index contributed by atoms with van der Waals surface area (Å²) in [5.74, 6) is -4.70. The van der Waals surface area contributed by atoms with E-state index in [0.717, 1.165) is 18.3 Å². The number of pyridine rings is 1. The highest BCUT2D eigenvalue weighted by Crippen LogP contribution is 2.31. The Morgan fingerprint density at radius 1 is 1.14 bits per heavy atom. The highest BCUT2D eigenvalue weighted by atomic mass is 35.5. The number of H-pyrrole nitrogens is 1. The molecular weight excluding hydrogens is 323 g/mol. The zero-order valence-corrected chi connectivity index (χ0v) is 11.3. The number of benzene rings is 1. The van der Waals surface area contributed by atoms with Crippen LogP contribution in [0.15, 0.2) is 24.4 Å². The van der Waals surface area contributed by atoms with Gasteiger partial charge in [-0.15, -0.1) is 10.2 Å². The van der Waals surface area contributed by atoms with E-state index in [4.69, 9.17) is 16.3 Å². The summed E-state index contributed by atoms with van der Waals surface area (Å²) >= 11 is 5.54. The second-order valence-electron chi connectivity index (χ2n) is 4.02. The van der Waals surface area contributed by atoms with Gasteiger partial charge in [-0.05, 0) is 23.4 Å². The van der Waals surface area contributed by atoms with Gasteiger partial charge >= 0.3 is 0 Å². The van der Waals surface area contributed by atoms with Crippen LogP contribution in [0, 0.1) is 17.5 Å². The third kappa shape index (κ3) is 2.58. The Hall–Kier alpha value is -2.68. The van der Waals surface area contributed by atoms with Crippen LogP contribution in [0.3, 0.4) is 0 Å². The van der Waals surface area contributed by atoms with Gasteiger partial charge in [0.25, 0.3) is 5.88 Å². The number of hydrogen-bond acceptors (Lipinski definition) is 5. The zero-order valence-electron chi connectivity index (χ0n) is 10.5. The van der Waals surface area contributed by atoms with Crippen LogP contribution >= 0.6 is 11.6 Å². The van der Waals surface area contributed by atoms with Crippen LogP contribution in [0.25, 0.3) is 11.4 Å². The molecule has 0 aliphatic carbocycles. The lowest BCUT2D eigenvalue weighted by atomic mass is 10.2. The molecule has 0 aliphatic rings. The highest BCUT2D eigenvalue weighted by Gasteiger charge is 2.20. The van der Waals surface area contributed by atoms with Gasteiger partial charge in [0, 0.05) is 6.20 Å². The van der Waals surface area contributed by atoms with Crippen molar-refractivity contribution < 1.29 is 17.9 Å². The predicted molar refractivity (Wildman–Crippen MR) is 68.8 cm³/mol. The molecule has 22 heavy (non-hydrogen) atoms. The molecule has 1 N–H and O–H groups in total. The Kier molecular flexibility index (Phi) is 3.63. The third-order valence-electron chi connectivity index (χ3n) is 2.61. The van der Waals surface area contributed by atoms with Crippen molar-refractivity contribution in [1.82, 2.24) is 25.6 Å². The van der Waals surface area contributed by atoms with Crippen molar-refractivity contribution in [3.05, 3.63) is 46.9 Å². The van der Waals surface area contributed by atoms with Crippen molar-refractivity contribution in [2.75, 3.05) is 0 Å². The fourth-order valence-corrected chi connectivity index (χ4v) is 1.79. The smallest absolute Gasteiger partial charge is 0.256 e. The molecule has 0 unspecified atom stereocenters. The molecule has 10 heteroatoms. The van der Waals surface area contributed by atoms with Crippen molar-refractivity contribution in [2.45, 2.75) is 0 Å². The Bertz CT molecular complexity index is 828. The number of tetrazole rings is 1. The number of rotatable bonds is 3. The SMILES string of the molecule is Fc1cc(Cl)cnc1Oc1ccc(-c2nn[nH]n2)c(F)c1F. The lowest BCUT2D eigenvalue weighted by molar-refractivity contribution is 0.384. The molecule has 112 valence electrons. The molecule has 6 nitrogen and oxygen atoms in total. The van der Waals surface area contributed by atoms with E-state index in [0.29, 0.717) is 0 Å². The molecule has 0 fully saturated rings. The van der Waals surface area contributed by atoms with Gasteiger partial charge in [-0.3, -0.25) is 0 Å². The predicted octanol–water partition coefficient (Wildman–Crippen LogP) is 3.12. The average Bonchev–Trinajstić information content (AvgIpc) is 3.00. The molecule has 0 saturated carbocycles. The number of ether oxygens (including phenoxy) is 1. The molecule has 2 aromatic heterocycles. The Labute approximate surface area is 125 Å². The van der Waals surface area contributed by atoms with Gasteiger partial charge in [-0.1, -0.05) is 11.6 Å². The first kappa shape index (κ1) is 14.3. The minimum Gasteiger partial charge on any atom is -0.433 e. The molecule has 3 rings (SSSR count). The number of aromatic amines is 1. The van der Waals surface area contributed by atoms with Crippen molar-refractivity contribution in [3.8, 4) is 23.0 Å². The fraction of sp³-hybridized carbons (Fsp3) is 0. The van der Waals surface area contributed by atoms with Crippen LogP contribution in [0.5, 0.6) is 11.6 Å². The summed E-state index contributed by atoms with van der Waals surface area (Å²) in [7, 11) is 0. The Balaban J connectivity index is 1.97. The third-order valence-corrected chi connectivity index (χ3v) is 2.82. The molecule has 3 aromatic rings. The van der Waals surface area contributed by atoms with Gasteiger partial charge in [-0.25, -0.2) is 13.8 Å². The largest absolute Gasteiger partial charge is 0.433 e. The van der Waals surface area contributed by atoms with Crippen LogP contribution < -0.4 is 4.74 Å². The van der Waals surface area contributed by atoms with E-state index in [1.54, 1.807) is 0 Å². The van der Waals surface area contributed by atoms with Crippen LogP contribution in [-0.4, -0.2) is 25.6 Å². The quantitative estimate of drug-likeness (QED) is 0.799. The first-order chi connectivity index (χ1) is 10.6. The van der Waals surface area contributed by atoms with Crippen LogP contribution in [0.2, 0.25) is 5.02 Å². The lowest BCUT2D eigenvalue weighted by Gasteiger charge is -2.08. The normalized spacial score (nSPS) is 10.7. The van der Waals surface area contributed by atoms with Crippen molar-refractivity contribution in [2.24, 2.45) is 0 Å².